The van der Waals surface area contributed by atoms with E-state index in [0.717, 1.165) is 0 Å². The molecule has 0 amide bonds. The van der Waals surface area contributed by atoms with Crippen molar-refractivity contribution in [3.05, 3.63) is 0 Å². The fourth-order valence-corrected chi connectivity index (χ4v) is 4.54. The van der Waals surface area contributed by atoms with E-state index in [1.807, 2.05) is 0 Å². The molecule has 0 bridgehead atoms. The number of hydrogen-bond acceptors (Lipinski definition) is 4. The largest absolute Gasteiger partial charge is 0.228 e. The molecule has 0 aromatic rings. The molecule has 0 radical (unpaired) electrons. The Hall–Kier alpha value is -0.140. The normalized spacial score (nSPS) is 20.1. The fraction of sp³-hybridized carbons (Fsp3) is 1.00. The topological polar surface area (TPSA) is 71.5 Å². The Morgan fingerprint density at radius 1 is 1.13 bits per heavy atom. The van der Waals surface area contributed by atoms with Crippen molar-refractivity contribution in [1.82, 2.24) is 4.31 Å². The molecule has 15 heavy (non-hydrogen) atoms. The lowest BCUT2D eigenvalue weighted by Gasteiger charge is -2.37. The van der Waals surface area contributed by atoms with Crippen molar-refractivity contribution in [2.75, 3.05) is 24.6 Å². The highest BCUT2D eigenvalue weighted by Gasteiger charge is 2.41. The highest BCUT2D eigenvalue weighted by Crippen LogP contribution is 2.21. The molecule has 0 saturated carbocycles. The lowest BCUT2D eigenvalue weighted by molar-refractivity contribution is 0.310. The second kappa shape index (κ2) is 4.39. The third-order valence-corrected chi connectivity index (χ3v) is 6.71. The predicted molar refractivity (Wildman–Crippen MR) is 58.9 cm³/mol. The Morgan fingerprint density at radius 3 is 2.07 bits per heavy atom. The molecule has 5 nitrogen and oxygen atoms in total. The minimum Gasteiger partial charge on any atom is -0.228 e. The molecule has 1 heterocycles. The van der Waals surface area contributed by atoms with Gasteiger partial charge in [-0.15, -0.1) is 0 Å². The summed E-state index contributed by atoms with van der Waals surface area (Å²) in [6.45, 7) is 3.65. The van der Waals surface area contributed by atoms with Gasteiger partial charge in [-0.2, -0.15) is 4.31 Å². The van der Waals surface area contributed by atoms with Crippen LogP contribution in [0.4, 0.5) is 0 Å². The fourth-order valence-electron chi connectivity index (χ4n) is 1.48. The van der Waals surface area contributed by atoms with E-state index in [1.54, 1.807) is 13.8 Å². The van der Waals surface area contributed by atoms with E-state index < -0.39 is 25.1 Å². The monoisotopic (exact) mass is 255 g/mol. The van der Waals surface area contributed by atoms with E-state index in [4.69, 9.17) is 0 Å². The summed E-state index contributed by atoms with van der Waals surface area (Å²) in [4.78, 5) is 0. The quantitative estimate of drug-likeness (QED) is 0.684. The minimum atomic E-state index is -3.21. The van der Waals surface area contributed by atoms with Gasteiger partial charge in [0.05, 0.1) is 11.0 Å². The summed E-state index contributed by atoms with van der Waals surface area (Å²) in [7, 11) is -6.28. The van der Waals surface area contributed by atoms with Gasteiger partial charge in [-0.1, -0.05) is 13.8 Å². The summed E-state index contributed by atoms with van der Waals surface area (Å²) in [6.07, 6.45) is 0.560. The van der Waals surface area contributed by atoms with Gasteiger partial charge in [-0.25, -0.2) is 16.8 Å². The van der Waals surface area contributed by atoms with Crippen LogP contribution in [0.2, 0.25) is 0 Å². The average molecular weight is 255 g/mol. The molecular weight excluding hydrogens is 238 g/mol. The van der Waals surface area contributed by atoms with Gasteiger partial charge in [-0.3, -0.25) is 0 Å². The van der Waals surface area contributed by atoms with Crippen LogP contribution in [0.15, 0.2) is 0 Å². The number of sulfonamides is 1. The molecule has 1 aliphatic rings. The van der Waals surface area contributed by atoms with Crippen LogP contribution in [0.5, 0.6) is 0 Å². The minimum absolute atomic E-state index is 0.0827. The van der Waals surface area contributed by atoms with Gasteiger partial charge in [0.1, 0.15) is 0 Å². The standard InChI is InChI=1S/C8H17NO4S2/c1-3-5-15(12,13)9-6-8(7-9)14(10,11)4-2/h8H,3-7H2,1-2H3. The van der Waals surface area contributed by atoms with Crippen LogP contribution >= 0.6 is 0 Å². The van der Waals surface area contributed by atoms with E-state index >= 15 is 0 Å². The van der Waals surface area contributed by atoms with Gasteiger partial charge in [-0.05, 0) is 6.42 Å². The first-order valence-electron chi connectivity index (χ1n) is 5.03. The highest BCUT2D eigenvalue weighted by molar-refractivity contribution is 7.92. The number of nitrogens with zero attached hydrogens (tertiary/aromatic N) is 1. The van der Waals surface area contributed by atoms with Crippen molar-refractivity contribution >= 4 is 19.9 Å². The van der Waals surface area contributed by atoms with E-state index in [1.165, 1.54) is 4.31 Å². The maximum atomic E-state index is 11.5. The van der Waals surface area contributed by atoms with Gasteiger partial charge in [0.25, 0.3) is 0 Å². The number of hydrogen-bond donors (Lipinski definition) is 0. The van der Waals surface area contributed by atoms with E-state index in [0.29, 0.717) is 6.42 Å². The van der Waals surface area contributed by atoms with Crippen molar-refractivity contribution in [2.24, 2.45) is 0 Å². The molecule has 0 unspecified atom stereocenters. The SMILES string of the molecule is CCCS(=O)(=O)N1CC(S(=O)(=O)CC)C1. The van der Waals surface area contributed by atoms with Gasteiger partial charge in [0.2, 0.25) is 10.0 Å². The van der Waals surface area contributed by atoms with Crippen molar-refractivity contribution in [3.63, 3.8) is 0 Å². The van der Waals surface area contributed by atoms with Crippen molar-refractivity contribution in [3.8, 4) is 0 Å². The molecule has 0 aromatic heterocycles. The maximum Gasteiger partial charge on any atom is 0.214 e. The third-order valence-electron chi connectivity index (χ3n) is 2.58. The Kier molecular flexibility index (Phi) is 3.78. The van der Waals surface area contributed by atoms with E-state index in [9.17, 15) is 16.8 Å². The number of sulfone groups is 1. The van der Waals surface area contributed by atoms with Crippen molar-refractivity contribution in [1.29, 1.82) is 0 Å². The lowest BCUT2D eigenvalue weighted by Crippen LogP contribution is -2.57. The highest BCUT2D eigenvalue weighted by atomic mass is 32.2. The first-order valence-corrected chi connectivity index (χ1v) is 8.35. The molecule has 1 fully saturated rings. The zero-order chi connectivity index (χ0) is 11.7. The van der Waals surface area contributed by atoms with E-state index in [2.05, 4.69) is 0 Å². The molecule has 1 aliphatic heterocycles. The van der Waals surface area contributed by atoms with Crippen LogP contribution in [0.3, 0.4) is 0 Å². The van der Waals surface area contributed by atoms with Crippen LogP contribution in [0.25, 0.3) is 0 Å². The van der Waals surface area contributed by atoms with Crippen LogP contribution in [-0.2, 0) is 19.9 Å². The summed E-state index contributed by atoms with van der Waals surface area (Å²) < 4.78 is 47.0. The Labute approximate surface area is 91.4 Å². The molecule has 0 aliphatic carbocycles. The van der Waals surface area contributed by atoms with Crippen molar-refractivity contribution in [2.45, 2.75) is 25.5 Å². The summed E-state index contributed by atoms with van der Waals surface area (Å²) in [5.41, 5.74) is 0. The predicted octanol–water partition coefficient (Wildman–Crippen LogP) is -0.155. The first-order chi connectivity index (χ1) is 6.83. The van der Waals surface area contributed by atoms with Gasteiger partial charge < -0.3 is 0 Å². The Balaban J connectivity index is 2.59. The molecule has 7 heteroatoms. The average Bonchev–Trinajstić information content (AvgIpc) is 1.99. The smallest absolute Gasteiger partial charge is 0.214 e. The van der Waals surface area contributed by atoms with Gasteiger partial charge in [0, 0.05) is 18.8 Å². The molecule has 0 aromatic carbocycles. The third kappa shape index (κ3) is 2.70. The Bertz CT molecular complexity index is 406. The summed E-state index contributed by atoms with van der Waals surface area (Å²) >= 11 is 0. The zero-order valence-electron chi connectivity index (χ0n) is 9.01. The molecule has 1 saturated heterocycles. The first kappa shape index (κ1) is 12.9. The maximum absolute atomic E-state index is 11.5. The second-order valence-corrected chi connectivity index (χ2v) is 8.36. The second-order valence-electron chi connectivity index (χ2n) is 3.71. The molecule has 90 valence electrons. The van der Waals surface area contributed by atoms with Crippen molar-refractivity contribution < 1.29 is 16.8 Å². The molecule has 0 N–H and O–H groups in total. The summed E-state index contributed by atoms with van der Waals surface area (Å²) in [6, 6.07) is 0. The lowest BCUT2D eigenvalue weighted by atomic mass is 10.3. The van der Waals surface area contributed by atoms with E-state index in [-0.39, 0.29) is 24.6 Å². The Morgan fingerprint density at radius 2 is 1.67 bits per heavy atom. The summed E-state index contributed by atoms with van der Waals surface area (Å²) in [5, 5.41) is -0.492. The van der Waals surface area contributed by atoms with Crippen LogP contribution < -0.4 is 0 Å². The molecule has 1 rings (SSSR count). The van der Waals surface area contributed by atoms with Gasteiger partial charge in [0.15, 0.2) is 9.84 Å². The molecule has 0 spiro atoms. The molecular formula is C8H17NO4S2. The zero-order valence-corrected chi connectivity index (χ0v) is 10.6. The van der Waals surface area contributed by atoms with Crippen LogP contribution in [0, 0.1) is 0 Å². The van der Waals surface area contributed by atoms with Crippen LogP contribution in [0.1, 0.15) is 20.3 Å². The summed E-state index contributed by atoms with van der Waals surface area (Å²) in [5.74, 6) is 0.186. The number of rotatable bonds is 5. The van der Waals surface area contributed by atoms with Gasteiger partial charge >= 0.3 is 0 Å². The van der Waals surface area contributed by atoms with Crippen LogP contribution in [-0.4, -0.2) is 51.0 Å². The molecule has 0 atom stereocenters.